The molecule has 0 aliphatic heterocycles. The van der Waals surface area contributed by atoms with E-state index >= 15 is 0 Å². The molecule has 0 bridgehead atoms. The highest BCUT2D eigenvalue weighted by atomic mass is 35.5. The van der Waals surface area contributed by atoms with Gasteiger partial charge in [-0.2, -0.15) is 0 Å². The molecule has 0 atom stereocenters. The van der Waals surface area contributed by atoms with Crippen LogP contribution in [0.5, 0.6) is 0 Å². The Kier molecular flexibility index (Phi) is 3.71. The van der Waals surface area contributed by atoms with E-state index in [1.54, 1.807) is 30.3 Å². The number of carbonyl (C=O) groups excluding carboxylic acids is 1. The summed E-state index contributed by atoms with van der Waals surface area (Å²) in [7, 11) is 0. The molecule has 0 saturated carbocycles. The summed E-state index contributed by atoms with van der Waals surface area (Å²) in [5, 5.41) is 7.18. The van der Waals surface area contributed by atoms with Gasteiger partial charge in [-0.15, -0.1) is 0 Å². The van der Waals surface area contributed by atoms with Crippen LogP contribution in [-0.2, 0) is 0 Å². The van der Waals surface area contributed by atoms with Gasteiger partial charge in [0.2, 0.25) is 0 Å². The molecule has 2 aromatic carbocycles. The van der Waals surface area contributed by atoms with Gasteiger partial charge in [-0.05, 0) is 36.4 Å². The van der Waals surface area contributed by atoms with E-state index in [9.17, 15) is 4.79 Å². The number of anilines is 1. The first-order valence-corrected chi connectivity index (χ1v) is 6.69. The van der Waals surface area contributed by atoms with E-state index in [0.29, 0.717) is 16.5 Å². The normalized spacial score (nSPS) is 10.3. The predicted molar refractivity (Wildman–Crippen MR) is 81.3 cm³/mol. The Hall–Kier alpha value is -2.59. The van der Waals surface area contributed by atoms with Crippen molar-refractivity contribution in [1.82, 2.24) is 5.16 Å². The summed E-state index contributed by atoms with van der Waals surface area (Å²) >= 11 is 5.83. The zero-order valence-corrected chi connectivity index (χ0v) is 11.7. The van der Waals surface area contributed by atoms with Gasteiger partial charge in [0.1, 0.15) is 0 Å². The average molecular weight is 299 g/mol. The largest absolute Gasteiger partial charge is 0.355 e. The van der Waals surface area contributed by atoms with E-state index in [2.05, 4.69) is 10.5 Å². The number of para-hydroxylation sites is 1. The Labute approximate surface area is 126 Å². The van der Waals surface area contributed by atoms with E-state index in [1.165, 1.54) is 0 Å². The highest BCUT2D eigenvalue weighted by Gasteiger charge is 2.13. The molecule has 0 fully saturated rings. The van der Waals surface area contributed by atoms with Gasteiger partial charge < -0.3 is 9.84 Å². The summed E-state index contributed by atoms with van der Waals surface area (Å²) in [6.07, 6.45) is 0. The lowest BCUT2D eigenvalue weighted by Gasteiger charge is -2.00. The number of aromatic nitrogens is 1. The maximum atomic E-state index is 12.1. The van der Waals surface area contributed by atoms with Crippen LogP contribution in [-0.4, -0.2) is 11.1 Å². The standard InChI is InChI=1S/C16H11ClN2O2/c17-12-8-6-11(7-9-12)15-10-14(19-21-15)16(20)18-13-4-2-1-3-5-13/h1-10H,(H,18,20). The molecule has 104 valence electrons. The molecule has 21 heavy (non-hydrogen) atoms. The lowest BCUT2D eigenvalue weighted by molar-refractivity contribution is 0.101. The van der Waals surface area contributed by atoms with Crippen molar-refractivity contribution in [2.45, 2.75) is 0 Å². The summed E-state index contributed by atoms with van der Waals surface area (Å²) in [5.41, 5.74) is 1.74. The van der Waals surface area contributed by atoms with Crippen molar-refractivity contribution in [2.75, 3.05) is 5.32 Å². The van der Waals surface area contributed by atoms with Gasteiger partial charge in [0.25, 0.3) is 5.91 Å². The van der Waals surface area contributed by atoms with Gasteiger partial charge in [0, 0.05) is 22.3 Å². The van der Waals surface area contributed by atoms with Crippen LogP contribution in [0.25, 0.3) is 11.3 Å². The highest BCUT2D eigenvalue weighted by Crippen LogP contribution is 2.22. The molecule has 4 nitrogen and oxygen atoms in total. The quantitative estimate of drug-likeness (QED) is 0.786. The van der Waals surface area contributed by atoms with Crippen LogP contribution >= 0.6 is 11.6 Å². The number of nitrogens with one attached hydrogen (secondary N) is 1. The third-order valence-electron chi connectivity index (χ3n) is 2.90. The van der Waals surface area contributed by atoms with E-state index in [0.717, 1.165) is 5.56 Å². The van der Waals surface area contributed by atoms with Gasteiger partial charge in [-0.25, -0.2) is 0 Å². The Morgan fingerprint density at radius 3 is 2.48 bits per heavy atom. The zero-order chi connectivity index (χ0) is 14.7. The van der Waals surface area contributed by atoms with Crippen LogP contribution in [0.1, 0.15) is 10.5 Å². The van der Waals surface area contributed by atoms with Gasteiger partial charge in [-0.1, -0.05) is 35.0 Å². The molecule has 1 amide bonds. The molecular weight excluding hydrogens is 288 g/mol. The predicted octanol–water partition coefficient (Wildman–Crippen LogP) is 4.25. The molecule has 0 spiro atoms. The maximum Gasteiger partial charge on any atom is 0.277 e. The summed E-state index contributed by atoms with van der Waals surface area (Å²) in [4.78, 5) is 12.1. The summed E-state index contributed by atoms with van der Waals surface area (Å²) in [6.45, 7) is 0. The van der Waals surface area contributed by atoms with Crippen LogP contribution in [0.4, 0.5) is 5.69 Å². The van der Waals surface area contributed by atoms with Crippen molar-refractivity contribution < 1.29 is 9.32 Å². The second-order valence-corrected chi connectivity index (χ2v) is 4.84. The monoisotopic (exact) mass is 298 g/mol. The molecule has 0 unspecified atom stereocenters. The van der Waals surface area contributed by atoms with Gasteiger partial charge in [0.05, 0.1) is 0 Å². The molecule has 5 heteroatoms. The average Bonchev–Trinajstić information content (AvgIpc) is 2.99. The van der Waals surface area contributed by atoms with E-state index in [-0.39, 0.29) is 11.6 Å². The number of carbonyl (C=O) groups is 1. The topological polar surface area (TPSA) is 55.1 Å². The van der Waals surface area contributed by atoms with E-state index in [1.807, 2.05) is 30.3 Å². The zero-order valence-electron chi connectivity index (χ0n) is 10.9. The van der Waals surface area contributed by atoms with Gasteiger partial charge in [-0.3, -0.25) is 4.79 Å². The van der Waals surface area contributed by atoms with Crippen molar-refractivity contribution in [3.05, 3.63) is 71.4 Å². The third-order valence-corrected chi connectivity index (χ3v) is 3.16. The smallest absolute Gasteiger partial charge is 0.277 e. The van der Waals surface area contributed by atoms with E-state index in [4.69, 9.17) is 16.1 Å². The molecule has 1 N–H and O–H groups in total. The third kappa shape index (κ3) is 3.12. The number of halogens is 1. The van der Waals surface area contributed by atoms with Crippen molar-refractivity contribution in [2.24, 2.45) is 0 Å². The minimum absolute atomic E-state index is 0.226. The van der Waals surface area contributed by atoms with Gasteiger partial charge in [0.15, 0.2) is 11.5 Å². The minimum Gasteiger partial charge on any atom is -0.355 e. The van der Waals surface area contributed by atoms with E-state index < -0.39 is 0 Å². The summed E-state index contributed by atoms with van der Waals surface area (Å²) < 4.78 is 5.20. The molecule has 0 radical (unpaired) electrons. The Morgan fingerprint density at radius 1 is 1.05 bits per heavy atom. The first-order valence-electron chi connectivity index (χ1n) is 6.31. The fourth-order valence-corrected chi connectivity index (χ4v) is 1.98. The Bertz CT molecular complexity index is 751. The van der Waals surface area contributed by atoms with Crippen LogP contribution in [0, 0.1) is 0 Å². The number of hydrogen-bond donors (Lipinski definition) is 1. The van der Waals surface area contributed by atoms with Crippen LogP contribution in [0.15, 0.2) is 65.2 Å². The molecule has 0 aliphatic carbocycles. The maximum absolute atomic E-state index is 12.1. The Morgan fingerprint density at radius 2 is 1.76 bits per heavy atom. The molecule has 0 saturated heterocycles. The highest BCUT2D eigenvalue weighted by molar-refractivity contribution is 6.30. The lowest BCUT2D eigenvalue weighted by Crippen LogP contribution is -2.11. The van der Waals surface area contributed by atoms with Crippen LogP contribution in [0.2, 0.25) is 5.02 Å². The lowest BCUT2D eigenvalue weighted by atomic mass is 10.1. The Balaban J connectivity index is 1.78. The number of nitrogens with zero attached hydrogens (tertiary/aromatic N) is 1. The van der Waals surface area contributed by atoms with Crippen molar-refractivity contribution >= 4 is 23.2 Å². The molecule has 0 aliphatic rings. The number of amides is 1. The summed E-state index contributed by atoms with van der Waals surface area (Å²) in [5.74, 6) is 0.204. The van der Waals surface area contributed by atoms with Crippen molar-refractivity contribution in [3.63, 3.8) is 0 Å². The van der Waals surface area contributed by atoms with Crippen molar-refractivity contribution in [3.8, 4) is 11.3 Å². The number of benzene rings is 2. The van der Waals surface area contributed by atoms with Crippen LogP contribution < -0.4 is 5.32 Å². The molecule has 3 aromatic rings. The number of hydrogen-bond acceptors (Lipinski definition) is 3. The molecule has 3 rings (SSSR count). The first kappa shape index (κ1) is 13.4. The fraction of sp³-hybridized carbons (Fsp3) is 0. The molecule has 1 heterocycles. The molecular formula is C16H11ClN2O2. The minimum atomic E-state index is -0.315. The van der Waals surface area contributed by atoms with Gasteiger partial charge >= 0.3 is 0 Å². The van der Waals surface area contributed by atoms with Crippen LogP contribution in [0.3, 0.4) is 0 Å². The first-order chi connectivity index (χ1) is 10.2. The SMILES string of the molecule is O=C(Nc1ccccc1)c1cc(-c2ccc(Cl)cc2)on1. The van der Waals surface area contributed by atoms with Crippen molar-refractivity contribution in [1.29, 1.82) is 0 Å². The summed E-state index contributed by atoms with van der Waals surface area (Å²) in [6, 6.07) is 17.9. The fourth-order valence-electron chi connectivity index (χ4n) is 1.85. The molecule has 1 aromatic heterocycles. The second kappa shape index (κ2) is 5.81. The second-order valence-electron chi connectivity index (χ2n) is 4.40. The number of rotatable bonds is 3.